The first-order chi connectivity index (χ1) is 8.65. The van der Waals surface area contributed by atoms with Gasteiger partial charge in [0.05, 0.1) is 5.36 Å². The van der Waals surface area contributed by atoms with Crippen molar-refractivity contribution in [1.82, 2.24) is 4.73 Å². The number of hydrogen-bond donors (Lipinski definition) is 2. The molecule has 0 unspecified atom stereocenters. The van der Waals surface area contributed by atoms with Gasteiger partial charge in [0.15, 0.2) is 0 Å². The minimum atomic E-state index is -0.451. The van der Waals surface area contributed by atoms with Crippen molar-refractivity contribution in [3.63, 3.8) is 0 Å². The molecule has 0 saturated heterocycles. The number of urea groups is 1. The van der Waals surface area contributed by atoms with Crippen molar-refractivity contribution in [2.24, 2.45) is 4.99 Å². The third-order valence-corrected chi connectivity index (χ3v) is 2.93. The normalized spacial score (nSPS) is 11.3. The van der Waals surface area contributed by atoms with E-state index < -0.39 is 6.03 Å². The zero-order valence-electron chi connectivity index (χ0n) is 9.25. The lowest BCUT2D eigenvalue weighted by molar-refractivity contribution is 0.176. The van der Waals surface area contributed by atoms with Gasteiger partial charge in [-0.1, -0.05) is 18.2 Å². The van der Waals surface area contributed by atoms with Crippen molar-refractivity contribution in [3.05, 3.63) is 57.7 Å². The predicted octanol–water partition coefficient (Wildman–Crippen LogP) is 2.46. The van der Waals surface area contributed by atoms with E-state index in [-0.39, 0.29) is 0 Å². The number of rotatable bonds is 1. The lowest BCUT2D eigenvalue weighted by Crippen LogP contribution is -2.14. The fourth-order valence-electron chi connectivity index (χ4n) is 1.31. The quantitative estimate of drug-likeness (QED) is 0.469. The third-order valence-electron chi connectivity index (χ3n) is 2.13. The molecule has 2 amide bonds. The van der Waals surface area contributed by atoms with Crippen LogP contribution >= 0.6 is 22.6 Å². The molecule has 2 rings (SSSR count). The standard InChI is InChI=1S/C12H10IN3O2/c13-11-8-10(6-7-16(11)18)15-12(17)14-9-4-2-1-3-5-9/h1-8,18H,(H,14,17)/b15-10-. The van der Waals surface area contributed by atoms with Crippen molar-refractivity contribution in [3.8, 4) is 0 Å². The Labute approximate surface area is 117 Å². The molecule has 0 saturated carbocycles. The van der Waals surface area contributed by atoms with E-state index in [2.05, 4.69) is 10.3 Å². The second kappa shape index (κ2) is 5.67. The molecule has 0 aliphatic carbocycles. The van der Waals surface area contributed by atoms with Crippen molar-refractivity contribution in [2.45, 2.75) is 0 Å². The largest absolute Gasteiger partial charge is 0.428 e. The number of anilines is 1. The first kappa shape index (κ1) is 12.6. The Morgan fingerprint density at radius 1 is 1.28 bits per heavy atom. The third kappa shape index (κ3) is 3.33. The van der Waals surface area contributed by atoms with Gasteiger partial charge in [0.2, 0.25) is 0 Å². The highest BCUT2D eigenvalue weighted by Crippen LogP contribution is 2.05. The monoisotopic (exact) mass is 355 g/mol. The number of halogens is 1. The molecule has 18 heavy (non-hydrogen) atoms. The number of pyridine rings is 1. The second-order valence-electron chi connectivity index (χ2n) is 3.46. The van der Waals surface area contributed by atoms with E-state index >= 15 is 0 Å². The van der Waals surface area contributed by atoms with E-state index in [1.807, 2.05) is 40.8 Å². The summed E-state index contributed by atoms with van der Waals surface area (Å²) in [5.74, 6) is 0. The van der Waals surface area contributed by atoms with Crippen LogP contribution in [0.3, 0.4) is 0 Å². The summed E-state index contributed by atoms with van der Waals surface area (Å²) in [6.07, 6.45) is 1.43. The number of carbonyl (C=O) groups is 1. The molecule has 0 radical (unpaired) electrons. The molecule has 1 aromatic carbocycles. The zero-order valence-corrected chi connectivity index (χ0v) is 11.4. The van der Waals surface area contributed by atoms with Crippen LogP contribution in [0.4, 0.5) is 10.5 Å². The average Bonchev–Trinajstić information content (AvgIpc) is 2.35. The van der Waals surface area contributed by atoms with Crippen molar-refractivity contribution >= 4 is 34.3 Å². The number of hydrogen-bond acceptors (Lipinski definition) is 2. The SMILES string of the molecule is O=C(/N=c1/ccn(O)c(I)c1)Nc1ccccc1. The molecule has 0 fully saturated rings. The Bertz CT molecular complexity index is 623. The molecule has 1 aromatic heterocycles. The summed E-state index contributed by atoms with van der Waals surface area (Å²) in [5, 5.41) is 12.4. The number of amides is 2. The fraction of sp³-hybridized carbons (Fsp3) is 0. The van der Waals surface area contributed by atoms with Crippen LogP contribution in [0.25, 0.3) is 0 Å². The summed E-state index contributed by atoms with van der Waals surface area (Å²) < 4.78 is 1.52. The second-order valence-corrected chi connectivity index (χ2v) is 4.57. The summed E-state index contributed by atoms with van der Waals surface area (Å²) in [6.45, 7) is 0. The Kier molecular flexibility index (Phi) is 3.98. The minimum absolute atomic E-state index is 0.451. The van der Waals surface area contributed by atoms with Gasteiger partial charge in [-0.05, 0) is 46.9 Å². The molecule has 0 aliphatic heterocycles. The van der Waals surface area contributed by atoms with Crippen LogP contribution in [0.5, 0.6) is 0 Å². The molecular formula is C12H10IN3O2. The van der Waals surface area contributed by atoms with Gasteiger partial charge in [0.25, 0.3) is 0 Å². The highest BCUT2D eigenvalue weighted by atomic mass is 127. The number of para-hydroxylation sites is 1. The van der Waals surface area contributed by atoms with Gasteiger partial charge in [-0.15, -0.1) is 0 Å². The van der Waals surface area contributed by atoms with Crippen molar-refractivity contribution in [2.75, 3.05) is 5.32 Å². The highest BCUT2D eigenvalue weighted by Gasteiger charge is 1.99. The van der Waals surface area contributed by atoms with Gasteiger partial charge >= 0.3 is 6.03 Å². The van der Waals surface area contributed by atoms with Crippen LogP contribution < -0.4 is 10.7 Å². The van der Waals surface area contributed by atoms with Gasteiger partial charge < -0.3 is 10.5 Å². The summed E-state index contributed by atoms with van der Waals surface area (Å²) in [6, 6.07) is 11.8. The molecule has 5 nitrogen and oxygen atoms in total. The summed E-state index contributed by atoms with van der Waals surface area (Å²) in [7, 11) is 0. The summed E-state index contributed by atoms with van der Waals surface area (Å²) in [4.78, 5) is 15.5. The highest BCUT2D eigenvalue weighted by molar-refractivity contribution is 14.1. The smallest absolute Gasteiger partial charge is 0.345 e. The number of nitrogens with zero attached hydrogens (tertiary/aromatic N) is 2. The van der Waals surface area contributed by atoms with E-state index in [4.69, 9.17) is 0 Å². The van der Waals surface area contributed by atoms with Gasteiger partial charge in [-0.3, -0.25) is 0 Å². The topological polar surface area (TPSA) is 66.6 Å². The van der Waals surface area contributed by atoms with Gasteiger partial charge in [0.1, 0.15) is 3.70 Å². The van der Waals surface area contributed by atoms with Crippen LogP contribution in [-0.4, -0.2) is 16.0 Å². The van der Waals surface area contributed by atoms with E-state index in [0.29, 0.717) is 14.7 Å². The molecule has 6 heteroatoms. The van der Waals surface area contributed by atoms with Crippen LogP contribution in [-0.2, 0) is 0 Å². The average molecular weight is 355 g/mol. The molecule has 0 aliphatic rings. The summed E-state index contributed by atoms with van der Waals surface area (Å²) in [5.41, 5.74) is 0.689. The first-order valence-electron chi connectivity index (χ1n) is 5.13. The number of benzene rings is 1. The van der Waals surface area contributed by atoms with Crippen LogP contribution in [0.15, 0.2) is 53.7 Å². The molecular weight excluding hydrogens is 345 g/mol. The molecule has 0 atom stereocenters. The lowest BCUT2D eigenvalue weighted by atomic mass is 10.3. The maximum Gasteiger partial charge on any atom is 0.345 e. The van der Waals surface area contributed by atoms with E-state index in [1.54, 1.807) is 24.3 Å². The van der Waals surface area contributed by atoms with Gasteiger partial charge in [0, 0.05) is 11.9 Å². The zero-order chi connectivity index (χ0) is 13.0. The fourth-order valence-corrected chi connectivity index (χ4v) is 1.79. The van der Waals surface area contributed by atoms with Gasteiger partial charge in [-0.2, -0.15) is 9.72 Å². The van der Waals surface area contributed by atoms with E-state index in [0.717, 1.165) is 4.73 Å². The van der Waals surface area contributed by atoms with Crippen LogP contribution in [0.2, 0.25) is 0 Å². The predicted molar refractivity (Wildman–Crippen MR) is 75.4 cm³/mol. The van der Waals surface area contributed by atoms with Crippen LogP contribution in [0.1, 0.15) is 0 Å². The molecule has 0 bridgehead atoms. The Morgan fingerprint density at radius 2 is 2.00 bits per heavy atom. The molecule has 0 spiro atoms. The Hall–Kier alpha value is -1.83. The van der Waals surface area contributed by atoms with Gasteiger partial charge in [-0.25, -0.2) is 4.79 Å². The van der Waals surface area contributed by atoms with Crippen LogP contribution in [0, 0.1) is 3.70 Å². The Balaban J connectivity index is 2.18. The first-order valence-corrected chi connectivity index (χ1v) is 6.21. The van der Waals surface area contributed by atoms with E-state index in [9.17, 15) is 10.0 Å². The van der Waals surface area contributed by atoms with E-state index in [1.165, 1.54) is 6.20 Å². The lowest BCUT2D eigenvalue weighted by Gasteiger charge is -2.01. The molecule has 92 valence electrons. The number of aromatic nitrogens is 1. The maximum absolute atomic E-state index is 11.6. The van der Waals surface area contributed by atoms with Crippen molar-refractivity contribution in [1.29, 1.82) is 0 Å². The maximum atomic E-state index is 11.6. The molecule has 2 N–H and O–H groups in total. The minimum Gasteiger partial charge on any atom is -0.428 e. The van der Waals surface area contributed by atoms with Crippen molar-refractivity contribution < 1.29 is 10.0 Å². The number of carbonyl (C=O) groups excluding carboxylic acids is 1. The molecule has 1 heterocycles. The number of nitrogens with one attached hydrogen (secondary N) is 1. The molecule has 2 aromatic rings. The Morgan fingerprint density at radius 3 is 2.67 bits per heavy atom. The summed E-state index contributed by atoms with van der Waals surface area (Å²) >= 11 is 1.94.